The molecule has 0 radical (unpaired) electrons. The standard InChI is InChI=1S/C12H12F2O4/c1-3-4-8-5-6-9(10(7-8)17-2)18-12(13,14)11(15)16/h3-7H,1-2H3,(H,15,16)/b4-3+. The Balaban J connectivity index is 3.06. The average Bonchev–Trinajstić information content (AvgIpc) is 2.31. The highest BCUT2D eigenvalue weighted by Gasteiger charge is 2.43. The van der Waals surface area contributed by atoms with Crippen molar-refractivity contribution in [3.63, 3.8) is 0 Å². The third-order valence-corrected chi connectivity index (χ3v) is 2.03. The largest absolute Gasteiger partial charge is 0.502 e. The number of hydrogen-bond acceptors (Lipinski definition) is 3. The second-order valence-corrected chi connectivity index (χ2v) is 3.33. The molecule has 0 fully saturated rings. The molecule has 1 aromatic carbocycles. The summed E-state index contributed by atoms with van der Waals surface area (Å²) in [6.45, 7) is 1.80. The van der Waals surface area contributed by atoms with Crippen molar-refractivity contribution >= 4 is 12.0 Å². The minimum atomic E-state index is -4.30. The second-order valence-electron chi connectivity index (χ2n) is 3.33. The number of carboxylic acid groups (broad SMARTS) is 1. The van der Waals surface area contributed by atoms with Crippen LogP contribution in [-0.2, 0) is 4.79 Å². The normalized spacial score (nSPS) is 11.6. The van der Waals surface area contributed by atoms with E-state index in [0.717, 1.165) is 5.56 Å². The fourth-order valence-corrected chi connectivity index (χ4v) is 1.25. The minimum absolute atomic E-state index is 0.0338. The molecule has 0 atom stereocenters. The number of allylic oxidation sites excluding steroid dienone is 1. The Morgan fingerprint density at radius 1 is 1.39 bits per heavy atom. The fraction of sp³-hybridized carbons (Fsp3) is 0.250. The van der Waals surface area contributed by atoms with Crippen LogP contribution in [0, 0.1) is 0 Å². The molecule has 0 aliphatic rings. The molecule has 0 aliphatic carbocycles. The van der Waals surface area contributed by atoms with Crippen molar-refractivity contribution in [2.75, 3.05) is 7.11 Å². The van der Waals surface area contributed by atoms with Crippen LogP contribution >= 0.6 is 0 Å². The number of alkyl halides is 2. The van der Waals surface area contributed by atoms with Gasteiger partial charge < -0.3 is 14.6 Å². The molecule has 98 valence electrons. The summed E-state index contributed by atoms with van der Waals surface area (Å²) in [4.78, 5) is 10.3. The first-order valence-corrected chi connectivity index (χ1v) is 5.01. The Labute approximate surface area is 102 Å². The third-order valence-electron chi connectivity index (χ3n) is 2.03. The molecule has 0 spiro atoms. The summed E-state index contributed by atoms with van der Waals surface area (Å²) in [5.41, 5.74) is 0.723. The van der Waals surface area contributed by atoms with Gasteiger partial charge in [0.25, 0.3) is 0 Å². The lowest BCUT2D eigenvalue weighted by Crippen LogP contribution is -2.34. The SMILES string of the molecule is C/C=C/c1ccc(OC(F)(F)C(=O)O)c(OC)c1. The van der Waals surface area contributed by atoms with Gasteiger partial charge in [-0.2, -0.15) is 8.78 Å². The van der Waals surface area contributed by atoms with Crippen molar-refractivity contribution in [3.8, 4) is 11.5 Å². The summed E-state index contributed by atoms with van der Waals surface area (Å²) < 4.78 is 34.8. The van der Waals surface area contributed by atoms with Crippen LogP contribution in [0.5, 0.6) is 11.5 Å². The second kappa shape index (κ2) is 5.48. The van der Waals surface area contributed by atoms with E-state index in [1.807, 2.05) is 0 Å². The van der Waals surface area contributed by atoms with E-state index in [-0.39, 0.29) is 11.5 Å². The van der Waals surface area contributed by atoms with Crippen molar-refractivity contribution in [2.45, 2.75) is 13.0 Å². The van der Waals surface area contributed by atoms with Crippen LogP contribution in [0.4, 0.5) is 8.78 Å². The molecule has 1 aromatic rings. The van der Waals surface area contributed by atoms with Crippen molar-refractivity contribution < 1.29 is 28.2 Å². The maximum atomic E-state index is 12.9. The summed E-state index contributed by atoms with van der Waals surface area (Å²) in [6, 6.07) is 4.20. The van der Waals surface area contributed by atoms with Gasteiger partial charge in [-0.05, 0) is 24.6 Å². The zero-order valence-electron chi connectivity index (χ0n) is 9.81. The van der Waals surface area contributed by atoms with E-state index in [1.165, 1.54) is 25.3 Å². The lowest BCUT2D eigenvalue weighted by Gasteiger charge is -2.15. The molecular formula is C12H12F2O4. The van der Waals surface area contributed by atoms with Crippen LogP contribution in [0.1, 0.15) is 12.5 Å². The molecule has 0 unspecified atom stereocenters. The molecule has 6 heteroatoms. The van der Waals surface area contributed by atoms with Gasteiger partial charge in [0.05, 0.1) is 7.11 Å². The number of ether oxygens (including phenoxy) is 2. The predicted octanol–water partition coefficient (Wildman–Crippen LogP) is 2.78. The summed E-state index contributed by atoms with van der Waals surface area (Å²) in [7, 11) is 1.28. The van der Waals surface area contributed by atoms with E-state index < -0.39 is 12.1 Å². The Bertz CT molecular complexity index is 469. The van der Waals surface area contributed by atoms with Crippen LogP contribution in [0.25, 0.3) is 6.08 Å². The van der Waals surface area contributed by atoms with Crippen LogP contribution < -0.4 is 9.47 Å². The zero-order valence-corrected chi connectivity index (χ0v) is 9.81. The minimum Gasteiger partial charge on any atom is -0.493 e. The third kappa shape index (κ3) is 3.19. The Kier molecular flexibility index (Phi) is 4.25. The zero-order chi connectivity index (χ0) is 13.8. The number of benzene rings is 1. The number of carboxylic acids is 1. The van der Waals surface area contributed by atoms with Crippen molar-refractivity contribution in [3.05, 3.63) is 29.8 Å². The predicted molar refractivity (Wildman–Crippen MR) is 60.9 cm³/mol. The molecule has 0 saturated carbocycles. The number of carbonyl (C=O) groups is 1. The molecule has 1 N–H and O–H groups in total. The summed E-state index contributed by atoms with van der Waals surface area (Å²) >= 11 is 0. The number of halogens is 2. The van der Waals surface area contributed by atoms with Gasteiger partial charge >= 0.3 is 12.1 Å². The van der Waals surface area contributed by atoms with E-state index >= 15 is 0 Å². The van der Waals surface area contributed by atoms with E-state index in [4.69, 9.17) is 9.84 Å². The van der Waals surface area contributed by atoms with Gasteiger partial charge in [0.2, 0.25) is 0 Å². The van der Waals surface area contributed by atoms with E-state index in [9.17, 15) is 13.6 Å². The van der Waals surface area contributed by atoms with Gasteiger partial charge in [-0.25, -0.2) is 4.79 Å². The number of aliphatic carboxylic acids is 1. The molecule has 0 aromatic heterocycles. The van der Waals surface area contributed by atoms with Crippen LogP contribution in [-0.4, -0.2) is 24.3 Å². The average molecular weight is 258 g/mol. The van der Waals surface area contributed by atoms with Crippen molar-refractivity contribution in [2.24, 2.45) is 0 Å². The highest BCUT2D eigenvalue weighted by atomic mass is 19.3. The number of rotatable bonds is 5. The van der Waals surface area contributed by atoms with Gasteiger partial charge in [0.15, 0.2) is 11.5 Å². The summed E-state index contributed by atoms with van der Waals surface area (Å²) in [5.74, 6) is -2.66. The monoisotopic (exact) mass is 258 g/mol. The molecule has 1 rings (SSSR count). The Morgan fingerprint density at radius 2 is 2.06 bits per heavy atom. The topological polar surface area (TPSA) is 55.8 Å². The van der Waals surface area contributed by atoms with Gasteiger partial charge in [-0.1, -0.05) is 18.2 Å². The van der Waals surface area contributed by atoms with Gasteiger partial charge in [-0.15, -0.1) is 0 Å². The molecular weight excluding hydrogens is 246 g/mol. The molecule has 0 aliphatic heterocycles. The van der Waals surface area contributed by atoms with Gasteiger partial charge in [0, 0.05) is 0 Å². The lowest BCUT2D eigenvalue weighted by molar-refractivity contribution is -0.211. The summed E-state index contributed by atoms with van der Waals surface area (Å²) in [5, 5.41) is 8.28. The first-order valence-electron chi connectivity index (χ1n) is 5.01. The molecule has 0 heterocycles. The molecule has 0 bridgehead atoms. The molecule has 0 amide bonds. The van der Waals surface area contributed by atoms with Crippen LogP contribution in [0.15, 0.2) is 24.3 Å². The smallest absolute Gasteiger partial charge is 0.493 e. The van der Waals surface area contributed by atoms with E-state index in [2.05, 4.69) is 4.74 Å². The quantitative estimate of drug-likeness (QED) is 0.882. The van der Waals surface area contributed by atoms with Crippen molar-refractivity contribution in [1.82, 2.24) is 0 Å². The molecule has 18 heavy (non-hydrogen) atoms. The fourth-order valence-electron chi connectivity index (χ4n) is 1.25. The Morgan fingerprint density at radius 3 is 2.56 bits per heavy atom. The maximum Gasteiger partial charge on any atom is 0.502 e. The van der Waals surface area contributed by atoms with Crippen LogP contribution in [0.3, 0.4) is 0 Å². The number of hydrogen-bond donors (Lipinski definition) is 1. The summed E-state index contributed by atoms with van der Waals surface area (Å²) in [6.07, 6.45) is -0.793. The first-order chi connectivity index (χ1) is 8.40. The maximum absolute atomic E-state index is 12.9. The Hall–Kier alpha value is -2.11. The molecule has 0 saturated heterocycles. The van der Waals surface area contributed by atoms with Gasteiger partial charge in [0.1, 0.15) is 0 Å². The first kappa shape index (κ1) is 14.0. The number of methoxy groups -OCH3 is 1. The van der Waals surface area contributed by atoms with E-state index in [1.54, 1.807) is 19.1 Å². The lowest BCUT2D eigenvalue weighted by atomic mass is 10.2. The van der Waals surface area contributed by atoms with Crippen LogP contribution in [0.2, 0.25) is 0 Å². The van der Waals surface area contributed by atoms with E-state index in [0.29, 0.717) is 0 Å². The highest BCUT2D eigenvalue weighted by molar-refractivity contribution is 5.74. The highest BCUT2D eigenvalue weighted by Crippen LogP contribution is 2.32. The van der Waals surface area contributed by atoms with Gasteiger partial charge in [-0.3, -0.25) is 0 Å². The van der Waals surface area contributed by atoms with Crippen molar-refractivity contribution in [1.29, 1.82) is 0 Å². The molecule has 4 nitrogen and oxygen atoms in total.